The van der Waals surface area contributed by atoms with E-state index in [9.17, 15) is 13.2 Å². The standard InChI is InChI=1S/C22H22N2O5S2/c1-14-5-3-6-18-21(14)15(13-30-18)11-17-22(31(27,28)10-4-7-20(25)26)23-19-9-8-16(29-2)12-24(17)19/h3,5-6,8-9,12-13H,4,7,10-11H2,1-2H3,(H,25,26). The van der Waals surface area contributed by atoms with Gasteiger partial charge in [-0.3, -0.25) is 9.20 Å². The predicted octanol–water partition coefficient (Wildman–Crippen LogP) is 4.10. The number of ether oxygens (including phenoxy) is 1. The Morgan fingerprint density at radius 2 is 2.06 bits per heavy atom. The molecule has 0 saturated heterocycles. The normalized spacial score (nSPS) is 11.9. The van der Waals surface area contributed by atoms with Crippen LogP contribution in [-0.4, -0.2) is 41.7 Å². The van der Waals surface area contributed by atoms with E-state index >= 15 is 0 Å². The highest BCUT2D eigenvalue weighted by atomic mass is 32.2. The molecule has 0 atom stereocenters. The second-order valence-electron chi connectivity index (χ2n) is 7.36. The van der Waals surface area contributed by atoms with Gasteiger partial charge in [0.05, 0.1) is 24.8 Å². The molecule has 7 nitrogen and oxygen atoms in total. The highest BCUT2D eigenvalue weighted by molar-refractivity contribution is 7.91. The van der Waals surface area contributed by atoms with E-state index in [-0.39, 0.29) is 23.6 Å². The number of nitrogens with zero attached hydrogens (tertiary/aromatic N) is 2. The van der Waals surface area contributed by atoms with Crippen molar-refractivity contribution in [3.63, 3.8) is 0 Å². The summed E-state index contributed by atoms with van der Waals surface area (Å²) in [6.07, 6.45) is 1.95. The summed E-state index contributed by atoms with van der Waals surface area (Å²) in [6, 6.07) is 9.55. The van der Waals surface area contributed by atoms with E-state index in [1.807, 2.05) is 19.1 Å². The number of hydrogen-bond acceptors (Lipinski definition) is 6. The van der Waals surface area contributed by atoms with Gasteiger partial charge in [0.15, 0.2) is 14.9 Å². The van der Waals surface area contributed by atoms with Crippen LogP contribution in [0.2, 0.25) is 0 Å². The van der Waals surface area contributed by atoms with Crippen LogP contribution in [0, 0.1) is 6.92 Å². The molecule has 4 rings (SSSR count). The van der Waals surface area contributed by atoms with E-state index in [0.29, 0.717) is 23.5 Å². The minimum atomic E-state index is -3.77. The molecule has 4 aromatic rings. The summed E-state index contributed by atoms with van der Waals surface area (Å²) in [4.78, 5) is 15.3. The molecule has 9 heteroatoms. The molecule has 0 aliphatic carbocycles. The third kappa shape index (κ3) is 4.15. The second-order valence-corrected chi connectivity index (χ2v) is 10.3. The van der Waals surface area contributed by atoms with Crippen LogP contribution in [0.1, 0.15) is 29.7 Å². The van der Waals surface area contributed by atoms with E-state index in [1.54, 1.807) is 41.2 Å². The summed E-state index contributed by atoms with van der Waals surface area (Å²) in [5.41, 5.74) is 3.21. The number of rotatable bonds is 8. The minimum Gasteiger partial charge on any atom is -0.495 e. The predicted molar refractivity (Wildman–Crippen MR) is 120 cm³/mol. The number of methoxy groups -OCH3 is 1. The third-order valence-corrected chi connectivity index (χ3v) is 7.97. The Morgan fingerprint density at radius 1 is 1.26 bits per heavy atom. The Balaban J connectivity index is 1.85. The van der Waals surface area contributed by atoms with E-state index < -0.39 is 15.8 Å². The SMILES string of the molecule is COc1ccc2nc(S(=O)(=O)CCCC(=O)O)c(Cc3csc4cccc(C)c34)n2c1. The van der Waals surface area contributed by atoms with Crippen LogP contribution in [0.3, 0.4) is 0 Å². The lowest BCUT2D eigenvalue weighted by molar-refractivity contribution is -0.137. The molecule has 3 heterocycles. The third-order valence-electron chi connectivity index (χ3n) is 5.23. The zero-order chi connectivity index (χ0) is 22.2. The average molecular weight is 459 g/mol. The lowest BCUT2D eigenvalue weighted by Crippen LogP contribution is -2.12. The molecule has 0 bridgehead atoms. The van der Waals surface area contributed by atoms with E-state index in [2.05, 4.69) is 16.4 Å². The van der Waals surface area contributed by atoms with Crippen molar-refractivity contribution < 1.29 is 23.1 Å². The molecule has 1 N–H and O–H groups in total. The maximum Gasteiger partial charge on any atom is 0.303 e. The van der Waals surface area contributed by atoms with Gasteiger partial charge in [-0.2, -0.15) is 0 Å². The topological polar surface area (TPSA) is 98.0 Å². The van der Waals surface area contributed by atoms with Crippen LogP contribution in [0.25, 0.3) is 15.7 Å². The molecule has 3 aromatic heterocycles. The number of imidazole rings is 1. The van der Waals surface area contributed by atoms with Gasteiger partial charge in [-0.15, -0.1) is 11.3 Å². The molecule has 162 valence electrons. The molecule has 0 spiro atoms. The van der Waals surface area contributed by atoms with Crippen molar-refractivity contribution >= 4 is 42.9 Å². The molecule has 0 aliphatic rings. The van der Waals surface area contributed by atoms with Gasteiger partial charge in [0.1, 0.15) is 11.4 Å². The van der Waals surface area contributed by atoms with E-state index in [4.69, 9.17) is 9.84 Å². The van der Waals surface area contributed by atoms with Crippen molar-refractivity contribution in [1.29, 1.82) is 0 Å². The monoisotopic (exact) mass is 458 g/mol. The summed E-state index contributed by atoms with van der Waals surface area (Å²) >= 11 is 1.62. The number of aryl methyl sites for hydroxylation is 1. The number of carbonyl (C=O) groups is 1. The number of thiophene rings is 1. The quantitative estimate of drug-likeness (QED) is 0.427. The van der Waals surface area contributed by atoms with E-state index in [0.717, 1.165) is 21.2 Å². The first-order valence-electron chi connectivity index (χ1n) is 9.75. The molecule has 1 aromatic carbocycles. The Labute approximate surface area is 183 Å². The Bertz CT molecular complexity index is 1390. The van der Waals surface area contributed by atoms with Crippen LogP contribution in [0.15, 0.2) is 46.9 Å². The molecular weight excluding hydrogens is 436 g/mol. The molecule has 0 amide bonds. The lowest BCUT2D eigenvalue weighted by atomic mass is 10.0. The van der Waals surface area contributed by atoms with Crippen molar-refractivity contribution in [3.05, 3.63) is 58.7 Å². The van der Waals surface area contributed by atoms with Gasteiger partial charge in [-0.1, -0.05) is 12.1 Å². The fraction of sp³-hybridized carbons (Fsp3) is 0.273. The van der Waals surface area contributed by atoms with Gasteiger partial charge in [-0.05, 0) is 53.4 Å². The van der Waals surface area contributed by atoms with Crippen molar-refractivity contribution in [1.82, 2.24) is 9.38 Å². The van der Waals surface area contributed by atoms with Crippen molar-refractivity contribution in [2.24, 2.45) is 0 Å². The maximum atomic E-state index is 13.1. The molecule has 0 unspecified atom stereocenters. The molecule has 0 radical (unpaired) electrons. The van der Waals surface area contributed by atoms with Gasteiger partial charge in [0, 0.05) is 17.5 Å². The average Bonchev–Trinajstić information content (AvgIpc) is 3.30. The molecule has 0 saturated carbocycles. The van der Waals surface area contributed by atoms with Crippen molar-refractivity contribution in [3.8, 4) is 5.75 Å². The molecule has 0 fully saturated rings. The largest absolute Gasteiger partial charge is 0.495 e. The van der Waals surface area contributed by atoms with Gasteiger partial charge in [0.25, 0.3) is 0 Å². The first-order valence-corrected chi connectivity index (χ1v) is 12.3. The summed E-state index contributed by atoms with van der Waals surface area (Å²) in [5, 5.41) is 12.1. The van der Waals surface area contributed by atoms with Crippen molar-refractivity contribution in [2.75, 3.05) is 12.9 Å². The van der Waals surface area contributed by atoms with Crippen LogP contribution in [-0.2, 0) is 21.1 Å². The summed E-state index contributed by atoms with van der Waals surface area (Å²) in [7, 11) is -2.21. The van der Waals surface area contributed by atoms with Crippen molar-refractivity contribution in [2.45, 2.75) is 31.2 Å². The molecule has 0 aliphatic heterocycles. The van der Waals surface area contributed by atoms with Crippen LogP contribution in [0.5, 0.6) is 5.75 Å². The number of sulfone groups is 1. The Morgan fingerprint density at radius 3 is 2.81 bits per heavy atom. The number of hydrogen-bond donors (Lipinski definition) is 1. The van der Waals surface area contributed by atoms with Crippen LogP contribution in [0.4, 0.5) is 0 Å². The number of benzene rings is 1. The first-order chi connectivity index (χ1) is 14.8. The molecular formula is C22H22N2O5S2. The number of carboxylic acids is 1. The highest BCUT2D eigenvalue weighted by Gasteiger charge is 2.26. The highest BCUT2D eigenvalue weighted by Crippen LogP contribution is 2.32. The first kappa shape index (κ1) is 21.3. The lowest BCUT2D eigenvalue weighted by Gasteiger charge is -2.08. The molecule has 31 heavy (non-hydrogen) atoms. The van der Waals surface area contributed by atoms with Crippen LogP contribution >= 0.6 is 11.3 Å². The van der Waals surface area contributed by atoms with Gasteiger partial charge in [-0.25, -0.2) is 13.4 Å². The Hall–Kier alpha value is -2.91. The van der Waals surface area contributed by atoms with E-state index in [1.165, 1.54) is 0 Å². The second kappa shape index (κ2) is 8.32. The fourth-order valence-electron chi connectivity index (χ4n) is 3.75. The fourth-order valence-corrected chi connectivity index (χ4v) is 6.26. The number of aromatic nitrogens is 2. The number of fused-ring (bicyclic) bond motifs is 2. The maximum absolute atomic E-state index is 13.1. The zero-order valence-corrected chi connectivity index (χ0v) is 18.8. The zero-order valence-electron chi connectivity index (χ0n) is 17.2. The van der Waals surface area contributed by atoms with Gasteiger partial charge >= 0.3 is 5.97 Å². The van der Waals surface area contributed by atoms with Gasteiger partial charge < -0.3 is 9.84 Å². The minimum absolute atomic E-state index is 0.000856. The summed E-state index contributed by atoms with van der Waals surface area (Å²) in [5.74, 6) is -0.695. The summed E-state index contributed by atoms with van der Waals surface area (Å²) < 4.78 is 34.5. The van der Waals surface area contributed by atoms with Crippen LogP contribution < -0.4 is 4.74 Å². The number of pyridine rings is 1. The Kier molecular flexibility index (Phi) is 5.72. The number of aliphatic carboxylic acids is 1. The number of carboxylic acid groups (broad SMARTS) is 1. The smallest absolute Gasteiger partial charge is 0.303 e. The summed E-state index contributed by atoms with van der Waals surface area (Å²) in [6.45, 7) is 2.04. The van der Waals surface area contributed by atoms with Gasteiger partial charge in [0.2, 0.25) is 0 Å².